The summed E-state index contributed by atoms with van der Waals surface area (Å²) >= 11 is 0. The first kappa shape index (κ1) is 19.4. The van der Waals surface area contributed by atoms with Crippen molar-refractivity contribution >= 4 is 23.4 Å². The van der Waals surface area contributed by atoms with Crippen LogP contribution in [-0.2, 0) is 4.79 Å². The van der Waals surface area contributed by atoms with Gasteiger partial charge in [0.15, 0.2) is 0 Å². The molecule has 3 aromatic carbocycles. The van der Waals surface area contributed by atoms with Gasteiger partial charge >= 0.3 is 0 Å². The summed E-state index contributed by atoms with van der Waals surface area (Å²) in [4.78, 5) is 38.1. The highest BCUT2D eigenvalue weighted by molar-refractivity contribution is 6.21. The van der Waals surface area contributed by atoms with Crippen molar-refractivity contribution in [3.63, 3.8) is 0 Å². The number of rotatable bonds is 7. The fraction of sp³-hybridized carbons (Fsp3) is 0.125. The molecule has 4 rings (SSSR count). The molecule has 1 aliphatic rings. The van der Waals surface area contributed by atoms with Crippen LogP contribution >= 0.6 is 0 Å². The molecule has 6 nitrogen and oxygen atoms in total. The third kappa shape index (κ3) is 4.22. The maximum absolute atomic E-state index is 12.3. The van der Waals surface area contributed by atoms with Crippen molar-refractivity contribution in [1.82, 2.24) is 4.90 Å². The fourth-order valence-electron chi connectivity index (χ4n) is 3.29. The second-order valence-corrected chi connectivity index (χ2v) is 6.90. The van der Waals surface area contributed by atoms with Gasteiger partial charge in [0.2, 0.25) is 5.91 Å². The highest BCUT2D eigenvalue weighted by Crippen LogP contribution is 2.24. The molecule has 3 aromatic rings. The summed E-state index contributed by atoms with van der Waals surface area (Å²) in [5, 5.41) is 2.82. The first-order valence-corrected chi connectivity index (χ1v) is 9.70. The Morgan fingerprint density at radius 1 is 0.767 bits per heavy atom. The van der Waals surface area contributed by atoms with Crippen LogP contribution in [0, 0.1) is 0 Å². The van der Waals surface area contributed by atoms with Crippen LogP contribution in [0.1, 0.15) is 33.6 Å². The van der Waals surface area contributed by atoms with E-state index in [0.29, 0.717) is 29.0 Å². The maximum Gasteiger partial charge on any atom is 0.261 e. The molecule has 0 saturated heterocycles. The predicted molar refractivity (Wildman–Crippen MR) is 113 cm³/mol. The van der Waals surface area contributed by atoms with Gasteiger partial charge in [0.25, 0.3) is 11.8 Å². The molecule has 150 valence electrons. The number of carbonyl (C=O) groups excluding carboxylic acids is 3. The summed E-state index contributed by atoms with van der Waals surface area (Å²) in [6.45, 7) is 0.212. The normalized spacial score (nSPS) is 12.6. The van der Waals surface area contributed by atoms with Crippen LogP contribution in [0.4, 0.5) is 5.69 Å². The number of nitrogens with zero attached hydrogens (tertiary/aromatic N) is 1. The van der Waals surface area contributed by atoms with Crippen molar-refractivity contribution in [3.05, 3.63) is 90.0 Å². The lowest BCUT2D eigenvalue weighted by Crippen LogP contribution is -2.31. The monoisotopic (exact) mass is 400 g/mol. The molecule has 0 unspecified atom stereocenters. The lowest BCUT2D eigenvalue weighted by atomic mass is 10.1. The van der Waals surface area contributed by atoms with E-state index in [1.807, 2.05) is 30.3 Å². The second-order valence-electron chi connectivity index (χ2n) is 6.90. The first-order chi connectivity index (χ1) is 14.6. The second kappa shape index (κ2) is 8.61. The van der Waals surface area contributed by atoms with E-state index in [1.165, 1.54) is 4.90 Å². The van der Waals surface area contributed by atoms with Crippen molar-refractivity contribution < 1.29 is 19.1 Å². The Hall–Kier alpha value is -3.93. The van der Waals surface area contributed by atoms with Crippen molar-refractivity contribution in [1.29, 1.82) is 0 Å². The number of carbonyl (C=O) groups is 3. The molecule has 1 aliphatic heterocycles. The van der Waals surface area contributed by atoms with E-state index in [-0.39, 0.29) is 30.7 Å². The van der Waals surface area contributed by atoms with Crippen molar-refractivity contribution in [3.8, 4) is 11.5 Å². The van der Waals surface area contributed by atoms with Crippen LogP contribution in [0.25, 0.3) is 0 Å². The number of anilines is 1. The lowest BCUT2D eigenvalue weighted by molar-refractivity contribution is -0.116. The minimum atomic E-state index is -0.301. The SMILES string of the molecule is O=C(CCCN1C(=O)c2ccccc2C1=O)Nc1ccc(Oc2ccccc2)cc1. The Balaban J connectivity index is 1.25. The Bertz CT molecular complexity index is 1040. The molecule has 0 atom stereocenters. The summed E-state index contributed by atoms with van der Waals surface area (Å²) in [5.74, 6) is 0.630. The molecular formula is C24H20N2O4. The fourth-order valence-corrected chi connectivity index (χ4v) is 3.29. The molecule has 0 aliphatic carbocycles. The smallest absolute Gasteiger partial charge is 0.261 e. The standard InChI is InChI=1S/C24H20N2O4/c27-22(11-6-16-26-23(28)20-9-4-5-10-21(20)24(26)29)25-17-12-14-19(15-13-17)30-18-7-2-1-3-8-18/h1-5,7-10,12-15H,6,11,16H2,(H,25,27). The summed E-state index contributed by atoms with van der Waals surface area (Å²) in [7, 11) is 0. The van der Waals surface area contributed by atoms with Gasteiger partial charge in [0.1, 0.15) is 11.5 Å². The van der Waals surface area contributed by atoms with Gasteiger partial charge in [-0.15, -0.1) is 0 Å². The minimum Gasteiger partial charge on any atom is -0.457 e. The van der Waals surface area contributed by atoms with E-state index < -0.39 is 0 Å². The van der Waals surface area contributed by atoms with Crippen LogP contribution in [0.3, 0.4) is 0 Å². The number of amides is 3. The third-order valence-electron chi connectivity index (χ3n) is 4.78. The molecule has 0 saturated carbocycles. The van der Waals surface area contributed by atoms with Crippen molar-refractivity contribution in [2.24, 2.45) is 0 Å². The Morgan fingerprint density at radius 2 is 1.33 bits per heavy atom. The van der Waals surface area contributed by atoms with E-state index in [1.54, 1.807) is 48.5 Å². The van der Waals surface area contributed by atoms with Gasteiger partial charge in [-0.25, -0.2) is 0 Å². The van der Waals surface area contributed by atoms with Gasteiger partial charge in [-0.05, 0) is 55.0 Å². The number of benzene rings is 3. The van der Waals surface area contributed by atoms with E-state index >= 15 is 0 Å². The molecule has 30 heavy (non-hydrogen) atoms. The summed E-state index contributed by atoms with van der Waals surface area (Å²) in [6.07, 6.45) is 0.599. The van der Waals surface area contributed by atoms with Gasteiger partial charge in [0.05, 0.1) is 11.1 Å². The van der Waals surface area contributed by atoms with Crippen LogP contribution in [0.15, 0.2) is 78.9 Å². The molecule has 0 bridgehead atoms. The number of hydrogen-bond donors (Lipinski definition) is 1. The highest BCUT2D eigenvalue weighted by Gasteiger charge is 2.34. The van der Waals surface area contributed by atoms with Crippen LogP contribution < -0.4 is 10.1 Å². The van der Waals surface area contributed by atoms with Crippen LogP contribution in [-0.4, -0.2) is 29.2 Å². The number of fused-ring (bicyclic) bond motifs is 1. The highest BCUT2D eigenvalue weighted by atomic mass is 16.5. The zero-order valence-corrected chi connectivity index (χ0v) is 16.2. The first-order valence-electron chi connectivity index (χ1n) is 9.70. The largest absolute Gasteiger partial charge is 0.457 e. The summed E-state index contributed by atoms with van der Waals surface area (Å²) in [5.41, 5.74) is 1.50. The zero-order chi connectivity index (χ0) is 20.9. The zero-order valence-electron chi connectivity index (χ0n) is 16.2. The number of nitrogens with one attached hydrogen (secondary N) is 1. The third-order valence-corrected chi connectivity index (χ3v) is 4.78. The van der Waals surface area contributed by atoms with Gasteiger partial charge in [-0.2, -0.15) is 0 Å². The molecular weight excluding hydrogens is 380 g/mol. The van der Waals surface area contributed by atoms with Gasteiger partial charge in [-0.3, -0.25) is 19.3 Å². The molecule has 0 spiro atoms. The number of imide groups is 1. The molecule has 0 radical (unpaired) electrons. The average Bonchev–Trinajstić information content (AvgIpc) is 3.01. The topological polar surface area (TPSA) is 75.7 Å². The summed E-state index contributed by atoms with van der Waals surface area (Å²) < 4.78 is 5.72. The molecule has 1 N–H and O–H groups in total. The number of ether oxygens (including phenoxy) is 1. The van der Waals surface area contributed by atoms with Crippen LogP contribution in [0.2, 0.25) is 0 Å². The van der Waals surface area contributed by atoms with Gasteiger partial charge < -0.3 is 10.1 Å². The van der Waals surface area contributed by atoms with Crippen LogP contribution in [0.5, 0.6) is 11.5 Å². The van der Waals surface area contributed by atoms with E-state index in [4.69, 9.17) is 4.74 Å². The molecule has 1 heterocycles. The average molecular weight is 400 g/mol. The Morgan fingerprint density at radius 3 is 1.97 bits per heavy atom. The van der Waals surface area contributed by atoms with E-state index in [9.17, 15) is 14.4 Å². The van der Waals surface area contributed by atoms with E-state index in [2.05, 4.69) is 5.32 Å². The van der Waals surface area contributed by atoms with Gasteiger partial charge in [0, 0.05) is 18.7 Å². The Labute approximate surface area is 174 Å². The quantitative estimate of drug-likeness (QED) is 0.593. The van der Waals surface area contributed by atoms with Crippen molar-refractivity contribution in [2.45, 2.75) is 12.8 Å². The minimum absolute atomic E-state index is 0.177. The molecule has 3 amide bonds. The number of para-hydroxylation sites is 1. The summed E-state index contributed by atoms with van der Waals surface area (Å²) in [6, 6.07) is 23.3. The number of hydrogen-bond acceptors (Lipinski definition) is 4. The Kier molecular flexibility index (Phi) is 5.57. The maximum atomic E-state index is 12.3. The van der Waals surface area contributed by atoms with Gasteiger partial charge in [-0.1, -0.05) is 30.3 Å². The van der Waals surface area contributed by atoms with Crippen molar-refractivity contribution in [2.75, 3.05) is 11.9 Å². The molecule has 0 aromatic heterocycles. The molecule has 0 fully saturated rings. The van der Waals surface area contributed by atoms with E-state index in [0.717, 1.165) is 5.75 Å². The lowest BCUT2D eigenvalue weighted by Gasteiger charge is -2.13. The molecule has 6 heteroatoms. The predicted octanol–water partition coefficient (Wildman–Crippen LogP) is 4.49.